The normalized spacial score (nSPS) is 32.2. The molecule has 2 aliphatic heterocycles. The topological polar surface area (TPSA) is 30.5 Å². The van der Waals surface area contributed by atoms with Gasteiger partial charge in [0.05, 0.1) is 19.8 Å². The minimum Gasteiger partial charge on any atom is -0.376 e. The highest BCUT2D eigenvalue weighted by Gasteiger charge is 2.21. The lowest BCUT2D eigenvalue weighted by Gasteiger charge is -2.27. The molecule has 0 aromatic heterocycles. The Labute approximate surface area is 67.1 Å². The van der Waals surface area contributed by atoms with Crippen LogP contribution < -0.4 is 5.32 Å². The number of hydrogen-bond acceptors (Lipinski definition) is 3. The van der Waals surface area contributed by atoms with Gasteiger partial charge in [0.2, 0.25) is 0 Å². The van der Waals surface area contributed by atoms with Crippen LogP contribution in [0.1, 0.15) is 12.8 Å². The summed E-state index contributed by atoms with van der Waals surface area (Å²) in [6, 6.07) is 0.607. The molecular formula is C8H15NO2. The zero-order valence-electron chi connectivity index (χ0n) is 6.71. The summed E-state index contributed by atoms with van der Waals surface area (Å²) in [6.45, 7) is 3.63. The first-order chi connectivity index (χ1) is 5.45. The van der Waals surface area contributed by atoms with Gasteiger partial charge in [-0.1, -0.05) is 0 Å². The number of hydrogen-bond donors (Lipinski definition) is 1. The highest BCUT2D eigenvalue weighted by Crippen LogP contribution is 2.09. The van der Waals surface area contributed by atoms with E-state index in [2.05, 4.69) is 5.32 Å². The van der Waals surface area contributed by atoms with Gasteiger partial charge in [0.1, 0.15) is 6.10 Å². The van der Waals surface area contributed by atoms with Crippen LogP contribution in [0.25, 0.3) is 0 Å². The molecule has 0 radical (unpaired) electrons. The highest BCUT2D eigenvalue weighted by molar-refractivity contribution is 4.75. The third kappa shape index (κ3) is 1.92. The van der Waals surface area contributed by atoms with Crippen molar-refractivity contribution in [2.45, 2.75) is 25.0 Å². The molecule has 0 spiro atoms. The van der Waals surface area contributed by atoms with Gasteiger partial charge in [-0.15, -0.1) is 0 Å². The molecule has 2 heterocycles. The van der Waals surface area contributed by atoms with Gasteiger partial charge in [-0.2, -0.15) is 0 Å². The average Bonchev–Trinajstić information content (AvgIpc) is 2.36. The van der Waals surface area contributed by atoms with Gasteiger partial charge in [-0.3, -0.25) is 0 Å². The van der Waals surface area contributed by atoms with Gasteiger partial charge >= 0.3 is 0 Å². The predicted molar refractivity (Wildman–Crippen MR) is 41.6 cm³/mol. The van der Waals surface area contributed by atoms with E-state index < -0.39 is 0 Å². The Bertz CT molecular complexity index is 119. The van der Waals surface area contributed by atoms with Crippen molar-refractivity contribution in [1.29, 1.82) is 0 Å². The molecule has 3 nitrogen and oxygen atoms in total. The second-order valence-corrected chi connectivity index (χ2v) is 3.29. The summed E-state index contributed by atoms with van der Waals surface area (Å²) in [6.07, 6.45) is 2.96. The summed E-state index contributed by atoms with van der Waals surface area (Å²) in [7, 11) is 0. The Morgan fingerprint density at radius 3 is 2.91 bits per heavy atom. The van der Waals surface area contributed by atoms with Crippen molar-refractivity contribution in [2.24, 2.45) is 0 Å². The Balaban J connectivity index is 1.57. The van der Waals surface area contributed by atoms with Gasteiger partial charge in [-0.05, 0) is 19.4 Å². The molecule has 64 valence electrons. The standard InChI is InChI=1S/C8H15NO2/c1-2-7(9-3-1)4-11-8-5-10-6-8/h7-9H,1-6H2/t7-/m0/s1. The first kappa shape index (κ1) is 7.53. The van der Waals surface area contributed by atoms with Crippen LogP contribution in [-0.4, -0.2) is 38.5 Å². The average molecular weight is 157 g/mol. The summed E-state index contributed by atoms with van der Waals surface area (Å²) in [5.74, 6) is 0. The lowest BCUT2D eigenvalue weighted by atomic mass is 10.2. The molecule has 0 amide bonds. The Morgan fingerprint density at radius 2 is 2.36 bits per heavy atom. The number of rotatable bonds is 3. The van der Waals surface area contributed by atoms with Crippen LogP contribution in [0.5, 0.6) is 0 Å². The van der Waals surface area contributed by atoms with Gasteiger partial charge < -0.3 is 14.8 Å². The van der Waals surface area contributed by atoms with E-state index in [4.69, 9.17) is 9.47 Å². The summed E-state index contributed by atoms with van der Waals surface area (Å²) in [5.41, 5.74) is 0. The maximum Gasteiger partial charge on any atom is 0.104 e. The summed E-state index contributed by atoms with van der Waals surface area (Å²) >= 11 is 0. The van der Waals surface area contributed by atoms with Crippen LogP contribution in [0.3, 0.4) is 0 Å². The van der Waals surface area contributed by atoms with E-state index in [-0.39, 0.29) is 0 Å². The summed E-state index contributed by atoms with van der Waals surface area (Å²) in [5, 5.41) is 3.39. The van der Waals surface area contributed by atoms with Crippen molar-refractivity contribution in [1.82, 2.24) is 5.32 Å². The fourth-order valence-electron chi connectivity index (χ4n) is 1.46. The van der Waals surface area contributed by atoms with Gasteiger partial charge in [0.25, 0.3) is 0 Å². The molecule has 1 N–H and O–H groups in total. The minimum atomic E-state index is 0.386. The van der Waals surface area contributed by atoms with E-state index in [1.54, 1.807) is 0 Å². The SMILES string of the molecule is C1CN[C@H](COC2COC2)C1. The third-order valence-electron chi connectivity index (χ3n) is 2.30. The van der Waals surface area contributed by atoms with Gasteiger partial charge in [0, 0.05) is 6.04 Å². The van der Waals surface area contributed by atoms with E-state index in [0.717, 1.165) is 26.4 Å². The summed E-state index contributed by atoms with van der Waals surface area (Å²) < 4.78 is 10.6. The first-order valence-corrected chi connectivity index (χ1v) is 4.38. The number of ether oxygens (including phenoxy) is 2. The smallest absolute Gasteiger partial charge is 0.104 e. The van der Waals surface area contributed by atoms with Crippen LogP contribution in [0.2, 0.25) is 0 Å². The van der Waals surface area contributed by atoms with Crippen molar-refractivity contribution < 1.29 is 9.47 Å². The molecular weight excluding hydrogens is 142 g/mol. The third-order valence-corrected chi connectivity index (χ3v) is 2.30. The highest BCUT2D eigenvalue weighted by atomic mass is 16.6. The molecule has 0 unspecified atom stereocenters. The van der Waals surface area contributed by atoms with Crippen molar-refractivity contribution in [3.05, 3.63) is 0 Å². The Hall–Kier alpha value is -0.120. The van der Waals surface area contributed by atoms with E-state index >= 15 is 0 Å². The molecule has 2 saturated heterocycles. The second-order valence-electron chi connectivity index (χ2n) is 3.29. The van der Waals surface area contributed by atoms with Crippen molar-refractivity contribution >= 4 is 0 Å². The van der Waals surface area contributed by atoms with Crippen molar-refractivity contribution in [3.63, 3.8) is 0 Å². The molecule has 2 fully saturated rings. The molecule has 0 aromatic carbocycles. The summed E-state index contributed by atoms with van der Waals surface area (Å²) in [4.78, 5) is 0. The quantitative estimate of drug-likeness (QED) is 0.632. The lowest BCUT2D eigenvalue weighted by Crippen LogP contribution is -2.39. The van der Waals surface area contributed by atoms with Crippen LogP contribution in [0.15, 0.2) is 0 Å². The van der Waals surface area contributed by atoms with E-state index in [9.17, 15) is 0 Å². The van der Waals surface area contributed by atoms with Crippen molar-refractivity contribution in [3.8, 4) is 0 Å². The van der Waals surface area contributed by atoms with Crippen LogP contribution in [0.4, 0.5) is 0 Å². The van der Waals surface area contributed by atoms with E-state index in [1.807, 2.05) is 0 Å². The zero-order valence-corrected chi connectivity index (χ0v) is 6.71. The predicted octanol–water partition coefficient (Wildman–Crippen LogP) is 0.154. The zero-order chi connectivity index (χ0) is 7.52. The molecule has 1 atom stereocenters. The Kier molecular flexibility index (Phi) is 2.41. The maximum atomic E-state index is 5.57. The van der Waals surface area contributed by atoms with Crippen LogP contribution in [0, 0.1) is 0 Å². The number of nitrogens with one attached hydrogen (secondary N) is 1. The fourth-order valence-corrected chi connectivity index (χ4v) is 1.46. The Morgan fingerprint density at radius 1 is 1.45 bits per heavy atom. The van der Waals surface area contributed by atoms with Crippen LogP contribution >= 0.6 is 0 Å². The minimum absolute atomic E-state index is 0.386. The molecule has 0 bridgehead atoms. The molecule has 11 heavy (non-hydrogen) atoms. The fraction of sp³-hybridized carbons (Fsp3) is 1.00. The molecule has 0 aromatic rings. The van der Waals surface area contributed by atoms with E-state index in [1.165, 1.54) is 12.8 Å². The first-order valence-electron chi connectivity index (χ1n) is 4.38. The van der Waals surface area contributed by atoms with Gasteiger partial charge in [-0.25, -0.2) is 0 Å². The molecule has 2 rings (SSSR count). The largest absolute Gasteiger partial charge is 0.376 e. The maximum absolute atomic E-state index is 5.57. The molecule has 0 aliphatic carbocycles. The molecule has 0 saturated carbocycles. The van der Waals surface area contributed by atoms with Crippen LogP contribution in [-0.2, 0) is 9.47 Å². The molecule has 3 heteroatoms. The van der Waals surface area contributed by atoms with Crippen molar-refractivity contribution in [2.75, 3.05) is 26.4 Å². The lowest BCUT2D eigenvalue weighted by molar-refractivity contribution is -0.132. The van der Waals surface area contributed by atoms with Gasteiger partial charge in [0.15, 0.2) is 0 Å². The van der Waals surface area contributed by atoms with E-state index in [0.29, 0.717) is 12.1 Å². The second kappa shape index (κ2) is 3.52. The molecule has 2 aliphatic rings. The monoisotopic (exact) mass is 157 g/mol.